The molecule has 1 saturated carbocycles. The molecule has 1 amide bonds. The lowest BCUT2D eigenvalue weighted by atomic mass is 9.78. The van der Waals surface area contributed by atoms with Crippen molar-refractivity contribution in [3.05, 3.63) is 11.6 Å². The number of hydrogen-bond acceptors (Lipinski definition) is 2. The second-order valence-electron chi connectivity index (χ2n) is 7.88. The lowest BCUT2D eigenvalue weighted by Gasteiger charge is -2.39. The smallest absolute Gasteiger partial charge is 0.230 e. The minimum atomic E-state index is -0.274. The van der Waals surface area contributed by atoms with Gasteiger partial charge < -0.3 is 10.6 Å². The van der Waals surface area contributed by atoms with Crippen molar-refractivity contribution < 1.29 is 4.79 Å². The van der Waals surface area contributed by atoms with Crippen LogP contribution < -0.4 is 5.73 Å². The van der Waals surface area contributed by atoms with E-state index in [2.05, 4.69) is 26.8 Å². The molecule has 1 heterocycles. The van der Waals surface area contributed by atoms with Crippen molar-refractivity contribution in [2.75, 3.05) is 19.6 Å². The molecule has 0 aromatic carbocycles. The van der Waals surface area contributed by atoms with E-state index in [1.54, 1.807) is 0 Å². The number of rotatable bonds is 2. The number of hydrogen-bond donors (Lipinski definition) is 1. The molecule has 0 bridgehead atoms. The summed E-state index contributed by atoms with van der Waals surface area (Å²) in [5.41, 5.74) is 7.48. The molecule has 0 aromatic heterocycles. The van der Waals surface area contributed by atoms with Gasteiger partial charge >= 0.3 is 0 Å². The van der Waals surface area contributed by atoms with E-state index in [0.717, 1.165) is 45.2 Å². The zero-order valence-corrected chi connectivity index (χ0v) is 14.1. The molecule has 0 saturated heterocycles. The zero-order valence-electron chi connectivity index (χ0n) is 14.1. The zero-order chi connectivity index (χ0) is 15.5. The van der Waals surface area contributed by atoms with E-state index in [0.29, 0.717) is 12.5 Å². The van der Waals surface area contributed by atoms with E-state index in [4.69, 9.17) is 5.73 Å². The molecule has 1 aliphatic heterocycles. The van der Waals surface area contributed by atoms with Crippen LogP contribution in [0.15, 0.2) is 11.6 Å². The van der Waals surface area contributed by atoms with Crippen LogP contribution in [0.25, 0.3) is 0 Å². The lowest BCUT2D eigenvalue weighted by molar-refractivity contribution is -0.142. The molecule has 0 atom stereocenters. The van der Waals surface area contributed by atoms with E-state index >= 15 is 0 Å². The highest BCUT2D eigenvalue weighted by Crippen LogP contribution is 2.37. The first-order chi connectivity index (χ1) is 9.89. The Morgan fingerprint density at radius 1 is 1.24 bits per heavy atom. The quantitative estimate of drug-likeness (QED) is 0.625. The van der Waals surface area contributed by atoms with Crippen LogP contribution in [-0.2, 0) is 4.79 Å². The van der Waals surface area contributed by atoms with Gasteiger partial charge in [0.2, 0.25) is 5.91 Å². The van der Waals surface area contributed by atoms with Gasteiger partial charge in [0.25, 0.3) is 0 Å². The lowest BCUT2D eigenvalue weighted by Crippen LogP contribution is -2.49. The number of nitrogens with two attached hydrogens (primary N) is 1. The van der Waals surface area contributed by atoms with E-state index in [-0.39, 0.29) is 10.8 Å². The number of carbonyl (C=O) groups excluding carboxylic acids is 1. The van der Waals surface area contributed by atoms with Crippen LogP contribution in [0.1, 0.15) is 65.7 Å². The van der Waals surface area contributed by atoms with Crippen LogP contribution in [-0.4, -0.2) is 30.4 Å². The molecule has 120 valence electrons. The molecule has 2 aliphatic rings. The highest BCUT2D eigenvalue weighted by Gasteiger charge is 2.40. The topological polar surface area (TPSA) is 46.3 Å². The maximum atomic E-state index is 13.0. The normalized spacial score (nSPS) is 23.4. The Kier molecular flexibility index (Phi) is 5.13. The Morgan fingerprint density at radius 2 is 1.86 bits per heavy atom. The van der Waals surface area contributed by atoms with E-state index < -0.39 is 0 Å². The molecule has 0 unspecified atom stereocenters. The van der Waals surface area contributed by atoms with Gasteiger partial charge in [0.15, 0.2) is 0 Å². The van der Waals surface area contributed by atoms with Crippen LogP contribution in [0.3, 0.4) is 0 Å². The summed E-state index contributed by atoms with van der Waals surface area (Å²) in [4.78, 5) is 15.1. The SMILES string of the molecule is CC(C)(C)C1=CCN(C(=O)C2(CN)CCCCCC2)CC1. The molecule has 0 spiro atoms. The summed E-state index contributed by atoms with van der Waals surface area (Å²) in [6, 6.07) is 0. The first-order valence-corrected chi connectivity index (χ1v) is 8.58. The monoisotopic (exact) mass is 292 g/mol. The summed E-state index contributed by atoms with van der Waals surface area (Å²) in [5.74, 6) is 0.316. The van der Waals surface area contributed by atoms with Crippen molar-refractivity contribution in [1.29, 1.82) is 0 Å². The van der Waals surface area contributed by atoms with Crippen molar-refractivity contribution in [2.24, 2.45) is 16.6 Å². The number of carbonyl (C=O) groups is 1. The Morgan fingerprint density at radius 3 is 2.29 bits per heavy atom. The largest absolute Gasteiger partial charge is 0.338 e. The van der Waals surface area contributed by atoms with E-state index in [9.17, 15) is 4.79 Å². The van der Waals surface area contributed by atoms with Crippen molar-refractivity contribution in [3.8, 4) is 0 Å². The highest BCUT2D eigenvalue weighted by molar-refractivity contribution is 5.83. The standard InChI is InChI=1S/C18H32N2O/c1-17(2,3)15-8-12-20(13-9-15)16(21)18(14-19)10-6-4-5-7-11-18/h8H,4-7,9-14,19H2,1-3H3. The summed E-state index contributed by atoms with van der Waals surface area (Å²) in [6.07, 6.45) is 10.0. The summed E-state index contributed by atoms with van der Waals surface area (Å²) >= 11 is 0. The molecule has 21 heavy (non-hydrogen) atoms. The van der Waals surface area contributed by atoms with E-state index in [1.807, 2.05) is 4.90 Å². The van der Waals surface area contributed by atoms with Crippen LogP contribution >= 0.6 is 0 Å². The van der Waals surface area contributed by atoms with Gasteiger partial charge in [-0.15, -0.1) is 0 Å². The fourth-order valence-electron chi connectivity index (χ4n) is 3.78. The van der Waals surface area contributed by atoms with E-state index in [1.165, 1.54) is 18.4 Å². The molecule has 2 rings (SSSR count). The second-order valence-corrected chi connectivity index (χ2v) is 7.88. The minimum Gasteiger partial charge on any atom is -0.338 e. The molecule has 0 aromatic rings. The molecule has 2 N–H and O–H groups in total. The van der Waals surface area contributed by atoms with Gasteiger partial charge in [0, 0.05) is 19.6 Å². The van der Waals surface area contributed by atoms with Crippen molar-refractivity contribution in [3.63, 3.8) is 0 Å². The van der Waals surface area contributed by atoms with Crippen molar-refractivity contribution in [2.45, 2.75) is 65.7 Å². The minimum absolute atomic E-state index is 0.225. The summed E-state index contributed by atoms with van der Waals surface area (Å²) < 4.78 is 0. The first-order valence-electron chi connectivity index (χ1n) is 8.58. The van der Waals surface area contributed by atoms with Crippen LogP contribution in [0.5, 0.6) is 0 Å². The molecule has 3 heteroatoms. The molecular weight excluding hydrogens is 260 g/mol. The van der Waals surface area contributed by atoms with Crippen LogP contribution in [0, 0.1) is 10.8 Å². The molecule has 1 fully saturated rings. The maximum Gasteiger partial charge on any atom is 0.230 e. The Hall–Kier alpha value is -0.830. The first kappa shape index (κ1) is 16.5. The third-order valence-electron chi connectivity index (χ3n) is 5.36. The van der Waals surface area contributed by atoms with Gasteiger partial charge in [-0.3, -0.25) is 4.79 Å². The fraction of sp³-hybridized carbons (Fsp3) is 0.833. The summed E-state index contributed by atoms with van der Waals surface area (Å²) in [6.45, 7) is 8.91. The molecule has 3 nitrogen and oxygen atoms in total. The Balaban J connectivity index is 2.08. The fourth-order valence-corrected chi connectivity index (χ4v) is 3.78. The number of amides is 1. The third-order valence-corrected chi connectivity index (χ3v) is 5.36. The Labute approximate surface area is 130 Å². The van der Waals surface area contributed by atoms with Crippen molar-refractivity contribution >= 4 is 5.91 Å². The predicted octanol–water partition coefficient (Wildman–Crippen LogP) is 3.49. The van der Waals surface area contributed by atoms with Gasteiger partial charge in [0.1, 0.15) is 0 Å². The molecular formula is C18H32N2O. The third kappa shape index (κ3) is 3.68. The molecule has 0 radical (unpaired) electrons. The van der Waals surface area contributed by atoms with Crippen LogP contribution in [0.2, 0.25) is 0 Å². The Bertz CT molecular complexity index is 398. The maximum absolute atomic E-state index is 13.0. The van der Waals surface area contributed by atoms with Gasteiger partial charge in [0.05, 0.1) is 5.41 Å². The van der Waals surface area contributed by atoms with Crippen molar-refractivity contribution in [1.82, 2.24) is 4.90 Å². The van der Waals surface area contributed by atoms with Gasteiger partial charge in [-0.25, -0.2) is 0 Å². The number of nitrogens with zero attached hydrogens (tertiary/aromatic N) is 1. The predicted molar refractivity (Wildman–Crippen MR) is 87.9 cm³/mol. The average molecular weight is 292 g/mol. The summed E-state index contributed by atoms with van der Waals surface area (Å²) in [5, 5.41) is 0. The van der Waals surface area contributed by atoms with Gasteiger partial charge in [-0.1, -0.05) is 58.1 Å². The second kappa shape index (κ2) is 6.51. The molecule has 1 aliphatic carbocycles. The summed E-state index contributed by atoms with van der Waals surface area (Å²) in [7, 11) is 0. The van der Waals surface area contributed by atoms with Gasteiger partial charge in [-0.2, -0.15) is 0 Å². The van der Waals surface area contributed by atoms with Gasteiger partial charge in [-0.05, 0) is 24.7 Å². The van der Waals surface area contributed by atoms with Crippen LogP contribution in [0.4, 0.5) is 0 Å². The highest BCUT2D eigenvalue weighted by atomic mass is 16.2. The average Bonchev–Trinajstić information content (AvgIpc) is 2.72.